The van der Waals surface area contributed by atoms with Crippen LogP contribution in [0.1, 0.15) is 92.9 Å². The van der Waals surface area contributed by atoms with E-state index in [1.165, 1.54) is 0 Å². The van der Waals surface area contributed by atoms with Crippen LogP contribution in [0.5, 0.6) is 0 Å². The molecule has 0 heterocycles. The van der Waals surface area contributed by atoms with Crippen molar-refractivity contribution in [2.75, 3.05) is 0 Å². The average molecular weight is 330 g/mol. The molecule has 0 aromatic carbocycles. The van der Waals surface area contributed by atoms with Gasteiger partial charge in [0.25, 0.3) is 0 Å². The van der Waals surface area contributed by atoms with Crippen LogP contribution < -0.4 is 0 Å². The summed E-state index contributed by atoms with van der Waals surface area (Å²) < 4.78 is 0. The zero-order chi connectivity index (χ0) is 17.6. The van der Waals surface area contributed by atoms with Gasteiger partial charge in [0.1, 0.15) is 5.78 Å². The third-order valence-corrected chi connectivity index (χ3v) is 4.11. The van der Waals surface area contributed by atoms with Crippen LogP contribution in [0.4, 0.5) is 0 Å². The van der Waals surface area contributed by atoms with Crippen molar-refractivity contribution in [1.82, 2.24) is 0 Å². The molecule has 0 aromatic rings. The lowest BCUT2D eigenvalue weighted by molar-refractivity contribution is -0.546. The lowest BCUT2D eigenvalue weighted by atomic mass is 9.93. The standard InChI is InChI=1S/C18H34O5/c1-7-11-16(3,4)20-22-18(13-9-15(19)10-14-18)23-21-17(5,6)12-8-2/h7-14H2,1-6H3. The van der Waals surface area contributed by atoms with Crippen LogP contribution in [0, 0.1) is 0 Å². The largest absolute Gasteiger partial charge is 0.300 e. The number of Topliss-reactive ketones (excluding diaryl/α,β-unsaturated/α-hetero) is 1. The zero-order valence-corrected chi connectivity index (χ0v) is 15.7. The normalized spacial score (nSPS) is 19.1. The van der Waals surface area contributed by atoms with Gasteiger partial charge >= 0.3 is 0 Å². The maximum absolute atomic E-state index is 11.6. The predicted octanol–water partition coefficient (Wildman–Crippen LogP) is 4.88. The molecule has 1 aliphatic rings. The fraction of sp³-hybridized carbons (Fsp3) is 0.944. The van der Waals surface area contributed by atoms with E-state index in [4.69, 9.17) is 19.6 Å². The van der Waals surface area contributed by atoms with Gasteiger partial charge in [0.05, 0.1) is 11.2 Å². The van der Waals surface area contributed by atoms with E-state index in [2.05, 4.69) is 13.8 Å². The summed E-state index contributed by atoms with van der Waals surface area (Å²) in [7, 11) is 0. The second kappa shape index (κ2) is 8.56. The molecule has 23 heavy (non-hydrogen) atoms. The van der Waals surface area contributed by atoms with Gasteiger partial charge in [0, 0.05) is 25.7 Å². The summed E-state index contributed by atoms with van der Waals surface area (Å²) in [5.74, 6) is -0.766. The van der Waals surface area contributed by atoms with Crippen molar-refractivity contribution in [2.45, 2.75) is 110 Å². The predicted molar refractivity (Wildman–Crippen MR) is 88.5 cm³/mol. The van der Waals surface area contributed by atoms with Gasteiger partial charge < -0.3 is 0 Å². The van der Waals surface area contributed by atoms with E-state index in [1.54, 1.807) is 0 Å². The van der Waals surface area contributed by atoms with Crippen LogP contribution in [0.25, 0.3) is 0 Å². The second-order valence-electron chi connectivity index (χ2n) is 7.80. The molecule has 0 aromatic heterocycles. The van der Waals surface area contributed by atoms with Crippen molar-refractivity contribution in [2.24, 2.45) is 0 Å². The number of hydrogen-bond acceptors (Lipinski definition) is 5. The molecule has 0 saturated heterocycles. The summed E-state index contributed by atoms with van der Waals surface area (Å²) in [4.78, 5) is 34.3. The summed E-state index contributed by atoms with van der Waals surface area (Å²) in [6, 6.07) is 0. The molecule has 1 rings (SSSR count). The molecular formula is C18H34O5. The van der Waals surface area contributed by atoms with E-state index < -0.39 is 17.0 Å². The molecule has 0 unspecified atom stereocenters. The molecular weight excluding hydrogens is 296 g/mol. The Morgan fingerprint density at radius 2 is 1.26 bits per heavy atom. The summed E-state index contributed by atoms with van der Waals surface area (Å²) in [6.45, 7) is 12.2. The number of ketones is 1. The van der Waals surface area contributed by atoms with Gasteiger partial charge in [-0.15, -0.1) is 0 Å². The van der Waals surface area contributed by atoms with Gasteiger partial charge in [0.2, 0.25) is 5.79 Å². The Balaban J connectivity index is 2.69. The molecule has 0 spiro atoms. The second-order valence-corrected chi connectivity index (χ2v) is 7.80. The lowest BCUT2D eigenvalue weighted by Crippen LogP contribution is -2.44. The van der Waals surface area contributed by atoms with E-state index in [0.717, 1.165) is 25.7 Å². The van der Waals surface area contributed by atoms with Crippen LogP contribution >= 0.6 is 0 Å². The number of rotatable bonds is 10. The van der Waals surface area contributed by atoms with E-state index in [-0.39, 0.29) is 5.78 Å². The van der Waals surface area contributed by atoms with Crippen molar-refractivity contribution in [1.29, 1.82) is 0 Å². The quantitative estimate of drug-likeness (QED) is 0.324. The van der Waals surface area contributed by atoms with Gasteiger partial charge in [-0.3, -0.25) is 4.79 Å². The Kier molecular flexibility index (Phi) is 7.65. The number of carbonyl (C=O) groups excluding carboxylic acids is 1. The van der Waals surface area contributed by atoms with E-state index in [9.17, 15) is 4.79 Å². The molecule has 1 saturated carbocycles. The minimum Gasteiger partial charge on any atom is -0.300 e. The Hall–Kier alpha value is -0.490. The van der Waals surface area contributed by atoms with Gasteiger partial charge in [-0.1, -0.05) is 26.7 Å². The van der Waals surface area contributed by atoms with E-state index in [0.29, 0.717) is 25.7 Å². The minimum atomic E-state index is -0.996. The first kappa shape index (κ1) is 20.6. The first-order chi connectivity index (χ1) is 10.6. The van der Waals surface area contributed by atoms with Crippen molar-refractivity contribution in [3.8, 4) is 0 Å². The topological polar surface area (TPSA) is 54.0 Å². The molecule has 1 aliphatic carbocycles. The molecule has 0 amide bonds. The highest BCUT2D eigenvalue weighted by molar-refractivity contribution is 5.79. The highest BCUT2D eigenvalue weighted by Gasteiger charge is 2.42. The first-order valence-electron chi connectivity index (χ1n) is 8.89. The van der Waals surface area contributed by atoms with Crippen molar-refractivity contribution in [3.63, 3.8) is 0 Å². The molecule has 0 bridgehead atoms. The Morgan fingerprint density at radius 3 is 1.61 bits per heavy atom. The summed E-state index contributed by atoms with van der Waals surface area (Å²) in [5, 5.41) is 0. The van der Waals surface area contributed by atoms with Crippen LogP contribution in [-0.4, -0.2) is 22.8 Å². The monoisotopic (exact) mass is 330 g/mol. The smallest absolute Gasteiger partial charge is 0.234 e. The SMILES string of the molecule is CCCC(C)(C)OOC1(OOC(C)(C)CCC)CCC(=O)CC1. The van der Waals surface area contributed by atoms with Crippen molar-refractivity contribution < 1.29 is 24.3 Å². The summed E-state index contributed by atoms with van der Waals surface area (Å²) >= 11 is 0. The van der Waals surface area contributed by atoms with Crippen LogP contribution in [0.2, 0.25) is 0 Å². The fourth-order valence-corrected chi connectivity index (χ4v) is 2.76. The number of carbonyl (C=O) groups is 1. The average Bonchev–Trinajstić information content (AvgIpc) is 2.46. The van der Waals surface area contributed by atoms with Crippen LogP contribution in [0.15, 0.2) is 0 Å². The number of hydrogen-bond donors (Lipinski definition) is 0. The van der Waals surface area contributed by atoms with Crippen LogP contribution in [-0.2, 0) is 24.3 Å². The van der Waals surface area contributed by atoms with E-state index in [1.807, 2.05) is 27.7 Å². The highest BCUT2D eigenvalue weighted by atomic mass is 17.3. The molecule has 5 nitrogen and oxygen atoms in total. The van der Waals surface area contributed by atoms with E-state index >= 15 is 0 Å². The van der Waals surface area contributed by atoms with Crippen molar-refractivity contribution in [3.05, 3.63) is 0 Å². The Morgan fingerprint density at radius 1 is 0.870 bits per heavy atom. The molecule has 0 radical (unpaired) electrons. The summed E-state index contributed by atoms with van der Waals surface area (Å²) in [6.07, 6.45) is 5.52. The zero-order valence-electron chi connectivity index (χ0n) is 15.7. The maximum atomic E-state index is 11.6. The third-order valence-electron chi connectivity index (χ3n) is 4.11. The Bertz CT molecular complexity index is 342. The maximum Gasteiger partial charge on any atom is 0.234 e. The Labute approximate surface area is 140 Å². The summed E-state index contributed by atoms with van der Waals surface area (Å²) in [5.41, 5.74) is -0.795. The first-order valence-corrected chi connectivity index (χ1v) is 8.89. The van der Waals surface area contributed by atoms with Gasteiger partial charge in [-0.2, -0.15) is 9.78 Å². The van der Waals surface area contributed by atoms with Gasteiger partial charge in [-0.25, -0.2) is 9.78 Å². The minimum absolute atomic E-state index is 0.230. The molecule has 136 valence electrons. The van der Waals surface area contributed by atoms with Gasteiger partial charge in [-0.05, 0) is 40.5 Å². The molecule has 0 aliphatic heterocycles. The molecule has 0 N–H and O–H groups in total. The third kappa shape index (κ3) is 7.29. The van der Waals surface area contributed by atoms with Crippen molar-refractivity contribution >= 4 is 5.78 Å². The fourth-order valence-electron chi connectivity index (χ4n) is 2.76. The highest BCUT2D eigenvalue weighted by Crippen LogP contribution is 2.35. The molecule has 1 fully saturated rings. The lowest BCUT2D eigenvalue weighted by Gasteiger charge is -2.38. The molecule has 5 heteroatoms. The van der Waals surface area contributed by atoms with Crippen LogP contribution in [0.3, 0.4) is 0 Å². The molecule has 0 atom stereocenters. The van der Waals surface area contributed by atoms with Gasteiger partial charge in [0.15, 0.2) is 0 Å².